The largest absolute Gasteiger partial charge is 0.476 e. The molecule has 2 heterocycles. The molecule has 0 unspecified atom stereocenters. The van der Waals surface area contributed by atoms with E-state index in [1.54, 1.807) is 18.2 Å². The summed E-state index contributed by atoms with van der Waals surface area (Å²) in [7, 11) is -3.56. The zero-order valence-electron chi connectivity index (χ0n) is 16.9. The van der Waals surface area contributed by atoms with Crippen molar-refractivity contribution in [3.8, 4) is 5.88 Å². The number of aryl methyl sites for hydroxylation is 2. The Hall–Kier alpha value is -2.23. The van der Waals surface area contributed by atoms with Gasteiger partial charge in [-0.3, -0.25) is 0 Å². The van der Waals surface area contributed by atoms with Crippen LogP contribution in [0, 0.1) is 6.92 Å². The standard InChI is InChI=1S/C20H28N4O4S/c1-3-4-17-5-7-18(8-6-17)29(25,26)21-9-12-28-20-15-19(22-16(2)23-20)24-10-13-27-14-11-24/h5-8,15,21H,3-4,9-14H2,1-2H3. The maximum Gasteiger partial charge on any atom is 0.240 e. The normalized spacial score (nSPS) is 14.8. The molecule has 0 bridgehead atoms. The Morgan fingerprint density at radius 3 is 2.59 bits per heavy atom. The molecule has 1 aromatic heterocycles. The summed E-state index contributed by atoms with van der Waals surface area (Å²) in [6, 6.07) is 8.75. The van der Waals surface area contributed by atoms with Gasteiger partial charge in [0.25, 0.3) is 0 Å². The van der Waals surface area contributed by atoms with E-state index in [-0.39, 0.29) is 18.0 Å². The first-order chi connectivity index (χ1) is 14.0. The van der Waals surface area contributed by atoms with Crippen LogP contribution in [0.25, 0.3) is 0 Å². The van der Waals surface area contributed by atoms with Crippen molar-refractivity contribution in [3.05, 3.63) is 41.7 Å². The van der Waals surface area contributed by atoms with Crippen LogP contribution >= 0.6 is 0 Å². The molecule has 1 aromatic carbocycles. The third-order valence-corrected chi connectivity index (χ3v) is 6.03. The lowest BCUT2D eigenvalue weighted by atomic mass is 10.1. The van der Waals surface area contributed by atoms with Gasteiger partial charge in [-0.25, -0.2) is 18.1 Å². The van der Waals surface area contributed by atoms with Gasteiger partial charge in [0, 0.05) is 25.7 Å². The average Bonchev–Trinajstić information content (AvgIpc) is 2.72. The number of sulfonamides is 1. The van der Waals surface area contributed by atoms with Gasteiger partial charge >= 0.3 is 0 Å². The minimum absolute atomic E-state index is 0.148. The number of hydrogen-bond donors (Lipinski definition) is 1. The summed E-state index contributed by atoms with van der Waals surface area (Å²) in [5.74, 6) is 1.84. The molecule has 0 spiro atoms. The minimum Gasteiger partial charge on any atom is -0.476 e. The summed E-state index contributed by atoms with van der Waals surface area (Å²) in [6.45, 7) is 7.10. The first kappa shape index (κ1) is 21.5. The van der Waals surface area contributed by atoms with E-state index in [9.17, 15) is 8.42 Å². The van der Waals surface area contributed by atoms with Crippen LogP contribution < -0.4 is 14.4 Å². The minimum atomic E-state index is -3.56. The smallest absolute Gasteiger partial charge is 0.240 e. The Balaban J connectivity index is 1.53. The number of rotatable bonds is 9. The van der Waals surface area contributed by atoms with E-state index in [1.165, 1.54) is 0 Å². The summed E-state index contributed by atoms with van der Waals surface area (Å²) in [5.41, 5.74) is 1.13. The van der Waals surface area contributed by atoms with Gasteiger partial charge < -0.3 is 14.4 Å². The highest BCUT2D eigenvalue weighted by Gasteiger charge is 2.16. The fraction of sp³-hybridized carbons (Fsp3) is 0.500. The van der Waals surface area contributed by atoms with Crippen LogP contribution in [0.15, 0.2) is 35.2 Å². The summed E-state index contributed by atoms with van der Waals surface area (Å²) >= 11 is 0. The Morgan fingerprint density at radius 1 is 1.17 bits per heavy atom. The van der Waals surface area contributed by atoms with Gasteiger partial charge in [0.2, 0.25) is 15.9 Å². The van der Waals surface area contributed by atoms with E-state index >= 15 is 0 Å². The van der Waals surface area contributed by atoms with Crippen LogP contribution in [-0.4, -0.2) is 57.8 Å². The Morgan fingerprint density at radius 2 is 1.90 bits per heavy atom. The van der Waals surface area contributed by atoms with Gasteiger partial charge in [-0.2, -0.15) is 4.98 Å². The van der Waals surface area contributed by atoms with E-state index in [1.807, 2.05) is 19.1 Å². The van der Waals surface area contributed by atoms with Crippen LogP contribution in [0.1, 0.15) is 24.7 Å². The zero-order chi connectivity index (χ0) is 20.7. The summed E-state index contributed by atoms with van der Waals surface area (Å²) in [6.07, 6.45) is 1.96. The second-order valence-electron chi connectivity index (χ2n) is 6.85. The van der Waals surface area contributed by atoms with Crippen molar-refractivity contribution in [3.63, 3.8) is 0 Å². The molecule has 2 aromatic rings. The molecule has 9 heteroatoms. The number of aromatic nitrogens is 2. The number of nitrogens with one attached hydrogen (secondary N) is 1. The quantitative estimate of drug-likeness (QED) is 0.620. The zero-order valence-corrected chi connectivity index (χ0v) is 17.7. The number of nitrogens with zero attached hydrogens (tertiary/aromatic N) is 3. The van der Waals surface area contributed by atoms with E-state index < -0.39 is 10.0 Å². The Bertz CT molecular complexity index is 897. The van der Waals surface area contributed by atoms with E-state index in [4.69, 9.17) is 9.47 Å². The third kappa shape index (κ3) is 6.12. The number of morpholine rings is 1. The van der Waals surface area contributed by atoms with Crippen molar-refractivity contribution >= 4 is 15.8 Å². The maximum atomic E-state index is 12.4. The molecule has 1 fully saturated rings. The number of benzene rings is 1. The van der Waals surface area contributed by atoms with Gasteiger partial charge in [0.15, 0.2) is 0 Å². The van der Waals surface area contributed by atoms with Gasteiger partial charge in [-0.05, 0) is 31.0 Å². The Labute approximate surface area is 172 Å². The highest BCUT2D eigenvalue weighted by Crippen LogP contribution is 2.18. The van der Waals surface area contributed by atoms with Crippen LogP contribution in [0.5, 0.6) is 5.88 Å². The van der Waals surface area contributed by atoms with Crippen molar-refractivity contribution in [2.45, 2.75) is 31.6 Å². The molecule has 1 aliphatic heterocycles. The van der Waals surface area contributed by atoms with Crippen molar-refractivity contribution < 1.29 is 17.9 Å². The predicted molar refractivity (Wildman–Crippen MR) is 111 cm³/mol. The highest BCUT2D eigenvalue weighted by molar-refractivity contribution is 7.89. The van der Waals surface area contributed by atoms with Gasteiger partial charge in [-0.15, -0.1) is 0 Å². The van der Waals surface area contributed by atoms with Crippen LogP contribution in [0.2, 0.25) is 0 Å². The van der Waals surface area contributed by atoms with Crippen LogP contribution in [0.3, 0.4) is 0 Å². The Kier molecular flexibility index (Phi) is 7.40. The monoisotopic (exact) mass is 420 g/mol. The first-order valence-electron chi connectivity index (χ1n) is 9.88. The summed E-state index contributed by atoms with van der Waals surface area (Å²) in [4.78, 5) is 11.1. The predicted octanol–water partition coefficient (Wildman–Crippen LogP) is 1.93. The lowest BCUT2D eigenvalue weighted by Crippen LogP contribution is -2.37. The molecule has 0 aliphatic carbocycles. The van der Waals surface area contributed by atoms with Crippen LogP contribution in [-0.2, 0) is 21.2 Å². The number of anilines is 1. The number of ether oxygens (including phenoxy) is 2. The molecular weight excluding hydrogens is 392 g/mol. The lowest BCUT2D eigenvalue weighted by molar-refractivity contribution is 0.122. The van der Waals surface area contributed by atoms with Crippen LogP contribution in [0.4, 0.5) is 5.82 Å². The molecule has 1 N–H and O–H groups in total. The van der Waals surface area contributed by atoms with E-state index in [0.29, 0.717) is 24.9 Å². The molecule has 0 amide bonds. The van der Waals surface area contributed by atoms with Crippen molar-refractivity contribution in [1.29, 1.82) is 0 Å². The molecule has 0 atom stereocenters. The molecule has 29 heavy (non-hydrogen) atoms. The fourth-order valence-corrected chi connectivity index (χ4v) is 4.11. The molecule has 3 rings (SSSR count). The SMILES string of the molecule is CCCc1ccc(S(=O)(=O)NCCOc2cc(N3CCOCC3)nc(C)n2)cc1. The average molecular weight is 421 g/mol. The second kappa shape index (κ2) is 10.00. The van der Waals surface area contributed by atoms with E-state index in [0.717, 1.165) is 37.3 Å². The molecule has 158 valence electrons. The highest BCUT2D eigenvalue weighted by atomic mass is 32.2. The second-order valence-corrected chi connectivity index (χ2v) is 8.62. The summed E-state index contributed by atoms with van der Waals surface area (Å²) < 4.78 is 38.4. The van der Waals surface area contributed by atoms with Gasteiger partial charge in [0.1, 0.15) is 18.2 Å². The first-order valence-corrected chi connectivity index (χ1v) is 11.4. The van der Waals surface area contributed by atoms with Crippen molar-refractivity contribution in [1.82, 2.24) is 14.7 Å². The van der Waals surface area contributed by atoms with Crippen molar-refractivity contribution in [2.24, 2.45) is 0 Å². The van der Waals surface area contributed by atoms with Crippen molar-refractivity contribution in [2.75, 3.05) is 44.4 Å². The maximum absolute atomic E-state index is 12.4. The molecule has 1 aliphatic rings. The molecule has 1 saturated heterocycles. The fourth-order valence-electron chi connectivity index (χ4n) is 3.09. The topological polar surface area (TPSA) is 93.7 Å². The molecule has 8 nitrogen and oxygen atoms in total. The molecule has 0 radical (unpaired) electrons. The number of hydrogen-bond acceptors (Lipinski definition) is 7. The third-order valence-electron chi connectivity index (χ3n) is 4.55. The van der Waals surface area contributed by atoms with Gasteiger partial charge in [0.05, 0.1) is 18.1 Å². The van der Waals surface area contributed by atoms with E-state index in [2.05, 4.69) is 26.5 Å². The van der Waals surface area contributed by atoms with Gasteiger partial charge in [-0.1, -0.05) is 25.5 Å². The summed E-state index contributed by atoms with van der Waals surface area (Å²) in [5, 5.41) is 0. The lowest BCUT2D eigenvalue weighted by Gasteiger charge is -2.28. The molecule has 0 saturated carbocycles. The molecular formula is C20H28N4O4S.